The van der Waals surface area contributed by atoms with E-state index in [1.807, 2.05) is 0 Å². The van der Waals surface area contributed by atoms with Gasteiger partial charge in [0.15, 0.2) is 0 Å². The minimum Gasteiger partial charge on any atom is -0.317 e. The summed E-state index contributed by atoms with van der Waals surface area (Å²) in [5, 5.41) is 3.52. The van der Waals surface area contributed by atoms with Crippen LogP contribution in [0.15, 0.2) is 0 Å². The molecule has 2 fully saturated rings. The standard InChI is InChI=1S/C14H28N2/c1-3-15-11-13-6-7-14(13)16-9-4-5-12(2)8-10-16/h12-15H,3-11H2,1-2H3. The number of nitrogens with one attached hydrogen (secondary N) is 1. The highest BCUT2D eigenvalue weighted by molar-refractivity contribution is 4.90. The molecule has 0 bridgehead atoms. The summed E-state index contributed by atoms with van der Waals surface area (Å²) in [7, 11) is 0. The van der Waals surface area contributed by atoms with Gasteiger partial charge in [0.2, 0.25) is 0 Å². The maximum atomic E-state index is 3.52. The van der Waals surface area contributed by atoms with Gasteiger partial charge in [-0.3, -0.25) is 0 Å². The van der Waals surface area contributed by atoms with Gasteiger partial charge < -0.3 is 10.2 Å². The highest BCUT2D eigenvalue weighted by Gasteiger charge is 2.35. The van der Waals surface area contributed by atoms with Gasteiger partial charge in [0.25, 0.3) is 0 Å². The molecule has 16 heavy (non-hydrogen) atoms. The molecule has 94 valence electrons. The van der Waals surface area contributed by atoms with Gasteiger partial charge >= 0.3 is 0 Å². The summed E-state index contributed by atoms with van der Waals surface area (Å²) in [6.45, 7) is 9.71. The first kappa shape index (κ1) is 12.4. The monoisotopic (exact) mass is 224 g/mol. The van der Waals surface area contributed by atoms with Crippen molar-refractivity contribution < 1.29 is 0 Å². The fourth-order valence-corrected chi connectivity index (χ4v) is 3.22. The number of rotatable bonds is 4. The summed E-state index contributed by atoms with van der Waals surface area (Å²) < 4.78 is 0. The van der Waals surface area contributed by atoms with Crippen molar-refractivity contribution in [2.45, 2.75) is 52.0 Å². The smallest absolute Gasteiger partial charge is 0.0136 e. The van der Waals surface area contributed by atoms with Crippen molar-refractivity contribution in [1.29, 1.82) is 0 Å². The summed E-state index contributed by atoms with van der Waals surface area (Å²) in [6.07, 6.45) is 7.19. The van der Waals surface area contributed by atoms with Crippen LogP contribution in [0.25, 0.3) is 0 Å². The summed E-state index contributed by atoms with van der Waals surface area (Å²) in [5.74, 6) is 1.89. The molecule has 2 rings (SSSR count). The molecule has 0 aromatic carbocycles. The Labute approximate surface area is 101 Å². The zero-order valence-corrected chi connectivity index (χ0v) is 11.0. The van der Waals surface area contributed by atoms with Crippen LogP contribution < -0.4 is 5.32 Å². The predicted octanol–water partition coefficient (Wildman–Crippen LogP) is 2.50. The van der Waals surface area contributed by atoms with Crippen LogP contribution in [0.5, 0.6) is 0 Å². The molecule has 2 heteroatoms. The van der Waals surface area contributed by atoms with E-state index in [4.69, 9.17) is 0 Å². The molecule has 0 aromatic rings. The fourth-order valence-electron chi connectivity index (χ4n) is 3.22. The van der Waals surface area contributed by atoms with Crippen molar-refractivity contribution in [2.24, 2.45) is 11.8 Å². The Hall–Kier alpha value is -0.0800. The molecule has 0 spiro atoms. The van der Waals surface area contributed by atoms with Crippen molar-refractivity contribution in [3.63, 3.8) is 0 Å². The van der Waals surface area contributed by atoms with Gasteiger partial charge in [0, 0.05) is 6.04 Å². The van der Waals surface area contributed by atoms with Crippen LogP contribution in [0.4, 0.5) is 0 Å². The third-order valence-electron chi connectivity index (χ3n) is 4.55. The van der Waals surface area contributed by atoms with Crippen LogP contribution in [0, 0.1) is 11.8 Å². The van der Waals surface area contributed by atoms with E-state index < -0.39 is 0 Å². The molecule has 1 saturated carbocycles. The van der Waals surface area contributed by atoms with E-state index in [0.29, 0.717) is 0 Å². The average Bonchev–Trinajstić information content (AvgIpc) is 2.43. The molecule has 1 aliphatic heterocycles. The third-order valence-corrected chi connectivity index (χ3v) is 4.55. The molecule has 0 radical (unpaired) electrons. The van der Waals surface area contributed by atoms with Gasteiger partial charge in [0.05, 0.1) is 0 Å². The van der Waals surface area contributed by atoms with Crippen molar-refractivity contribution >= 4 is 0 Å². The van der Waals surface area contributed by atoms with E-state index in [9.17, 15) is 0 Å². The molecule has 3 unspecified atom stereocenters. The number of likely N-dealkylation sites (tertiary alicyclic amines) is 1. The lowest BCUT2D eigenvalue weighted by Gasteiger charge is -2.44. The van der Waals surface area contributed by atoms with Crippen LogP contribution in [-0.4, -0.2) is 37.1 Å². The summed E-state index contributed by atoms with van der Waals surface area (Å²) in [4.78, 5) is 2.79. The van der Waals surface area contributed by atoms with E-state index in [2.05, 4.69) is 24.1 Å². The molecule has 1 saturated heterocycles. The predicted molar refractivity (Wildman–Crippen MR) is 69.6 cm³/mol. The first-order valence-corrected chi connectivity index (χ1v) is 7.26. The Morgan fingerprint density at radius 2 is 2.00 bits per heavy atom. The second-order valence-electron chi connectivity index (χ2n) is 5.78. The first-order chi connectivity index (χ1) is 7.81. The van der Waals surface area contributed by atoms with Gasteiger partial charge in [-0.15, -0.1) is 0 Å². The van der Waals surface area contributed by atoms with E-state index in [1.54, 1.807) is 0 Å². The lowest BCUT2D eigenvalue weighted by molar-refractivity contribution is 0.0642. The Morgan fingerprint density at radius 3 is 2.69 bits per heavy atom. The highest BCUT2D eigenvalue weighted by atomic mass is 15.2. The fraction of sp³-hybridized carbons (Fsp3) is 1.00. The molecule has 2 aliphatic rings. The minimum absolute atomic E-state index is 0.907. The molecule has 0 aromatic heterocycles. The second-order valence-corrected chi connectivity index (χ2v) is 5.78. The quantitative estimate of drug-likeness (QED) is 0.789. The highest BCUT2D eigenvalue weighted by Crippen LogP contribution is 2.33. The van der Waals surface area contributed by atoms with Crippen LogP contribution in [0.3, 0.4) is 0 Å². The van der Waals surface area contributed by atoms with Gasteiger partial charge in [-0.2, -0.15) is 0 Å². The van der Waals surface area contributed by atoms with Crippen LogP contribution in [-0.2, 0) is 0 Å². The Morgan fingerprint density at radius 1 is 1.12 bits per heavy atom. The summed E-state index contributed by atoms with van der Waals surface area (Å²) >= 11 is 0. The van der Waals surface area contributed by atoms with Crippen molar-refractivity contribution in [3.05, 3.63) is 0 Å². The molecular weight excluding hydrogens is 196 g/mol. The zero-order valence-electron chi connectivity index (χ0n) is 11.0. The second kappa shape index (κ2) is 6.02. The number of hydrogen-bond acceptors (Lipinski definition) is 2. The van der Waals surface area contributed by atoms with Gasteiger partial charge in [0.1, 0.15) is 0 Å². The SMILES string of the molecule is CCNCC1CCC1N1CCCC(C)CC1. The molecule has 0 amide bonds. The van der Waals surface area contributed by atoms with E-state index in [1.165, 1.54) is 51.7 Å². The molecule has 1 aliphatic carbocycles. The topological polar surface area (TPSA) is 15.3 Å². The van der Waals surface area contributed by atoms with E-state index in [-0.39, 0.29) is 0 Å². The molecule has 1 N–H and O–H groups in total. The normalized spacial score (nSPS) is 36.8. The number of nitrogens with zero attached hydrogens (tertiary/aromatic N) is 1. The van der Waals surface area contributed by atoms with Crippen LogP contribution >= 0.6 is 0 Å². The van der Waals surface area contributed by atoms with Crippen molar-refractivity contribution in [3.8, 4) is 0 Å². The lowest BCUT2D eigenvalue weighted by Crippen LogP contribution is -2.50. The van der Waals surface area contributed by atoms with Crippen LogP contribution in [0.1, 0.15) is 46.0 Å². The van der Waals surface area contributed by atoms with Gasteiger partial charge in [-0.1, -0.05) is 13.8 Å². The minimum atomic E-state index is 0.907. The molecular formula is C14H28N2. The summed E-state index contributed by atoms with van der Waals surface area (Å²) in [6, 6.07) is 0.907. The van der Waals surface area contributed by atoms with Gasteiger partial charge in [-0.05, 0) is 70.1 Å². The maximum absolute atomic E-state index is 3.52. The lowest BCUT2D eigenvalue weighted by atomic mass is 9.78. The Balaban J connectivity index is 1.78. The Bertz CT molecular complexity index is 205. The van der Waals surface area contributed by atoms with E-state index >= 15 is 0 Å². The molecule has 1 heterocycles. The van der Waals surface area contributed by atoms with Crippen molar-refractivity contribution in [2.75, 3.05) is 26.2 Å². The maximum Gasteiger partial charge on any atom is 0.0136 e. The Kier molecular flexibility index (Phi) is 4.66. The van der Waals surface area contributed by atoms with Gasteiger partial charge in [-0.25, -0.2) is 0 Å². The van der Waals surface area contributed by atoms with E-state index in [0.717, 1.165) is 24.4 Å². The third kappa shape index (κ3) is 2.98. The largest absolute Gasteiger partial charge is 0.317 e. The molecule has 2 nitrogen and oxygen atoms in total. The number of hydrogen-bond donors (Lipinski definition) is 1. The average molecular weight is 224 g/mol. The molecule has 3 atom stereocenters. The summed E-state index contributed by atoms with van der Waals surface area (Å²) in [5.41, 5.74) is 0. The van der Waals surface area contributed by atoms with Crippen LogP contribution in [0.2, 0.25) is 0 Å². The zero-order chi connectivity index (χ0) is 11.4. The first-order valence-electron chi connectivity index (χ1n) is 7.26. The van der Waals surface area contributed by atoms with Crippen molar-refractivity contribution in [1.82, 2.24) is 10.2 Å².